The van der Waals surface area contributed by atoms with E-state index in [0.717, 1.165) is 5.56 Å². The molecule has 2 atom stereocenters. The number of carbonyl (C=O) groups is 1. The second-order valence-corrected chi connectivity index (χ2v) is 7.83. The Balaban J connectivity index is 1.66. The van der Waals surface area contributed by atoms with Crippen molar-refractivity contribution in [1.29, 1.82) is 0 Å². The van der Waals surface area contributed by atoms with Crippen molar-refractivity contribution in [3.63, 3.8) is 0 Å². The molecule has 0 aromatic heterocycles. The number of ketones is 1. The van der Waals surface area contributed by atoms with Gasteiger partial charge in [0.2, 0.25) is 0 Å². The monoisotopic (exact) mass is 407 g/mol. The fourth-order valence-corrected chi connectivity index (χ4v) is 4.19. The molecule has 3 aromatic rings. The summed E-state index contributed by atoms with van der Waals surface area (Å²) in [4.78, 5) is 15.5. The van der Waals surface area contributed by atoms with Crippen LogP contribution in [0, 0.1) is 17.6 Å². The molecule has 1 aliphatic heterocycles. The Labute approximate surface area is 174 Å². The van der Waals surface area contributed by atoms with Crippen molar-refractivity contribution >= 4 is 5.78 Å². The van der Waals surface area contributed by atoms with E-state index in [2.05, 4.69) is 4.90 Å². The molecule has 0 aliphatic carbocycles. The van der Waals surface area contributed by atoms with Crippen LogP contribution >= 0.6 is 0 Å². The number of rotatable bonds is 5. The highest BCUT2D eigenvalue weighted by Gasteiger charge is 2.46. The van der Waals surface area contributed by atoms with Gasteiger partial charge in [-0.15, -0.1) is 0 Å². The number of piperidine rings is 1. The summed E-state index contributed by atoms with van der Waals surface area (Å²) in [5, 5.41) is 11.6. The van der Waals surface area contributed by atoms with Gasteiger partial charge in [0.25, 0.3) is 0 Å². The summed E-state index contributed by atoms with van der Waals surface area (Å²) in [6.07, 6.45) is 0.336. The fourth-order valence-electron chi connectivity index (χ4n) is 4.19. The number of likely N-dealkylation sites (tertiary alicyclic amines) is 1. The van der Waals surface area contributed by atoms with E-state index in [1.54, 1.807) is 0 Å². The molecule has 30 heavy (non-hydrogen) atoms. The quantitative estimate of drug-likeness (QED) is 0.631. The molecule has 0 bridgehead atoms. The van der Waals surface area contributed by atoms with E-state index in [1.165, 1.54) is 48.5 Å². The Morgan fingerprint density at radius 3 is 2.17 bits per heavy atom. The molecule has 1 aliphatic rings. The van der Waals surface area contributed by atoms with E-state index in [4.69, 9.17) is 0 Å². The van der Waals surface area contributed by atoms with Gasteiger partial charge in [0, 0.05) is 25.2 Å². The highest BCUT2D eigenvalue weighted by Crippen LogP contribution is 2.39. The van der Waals surface area contributed by atoms with Crippen LogP contribution < -0.4 is 0 Å². The molecule has 154 valence electrons. The summed E-state index contributed by atoms with van der Waals surface area (Å²) >= 11 is 0. The molecule has 2 unspecified atom stereocenters. The van der Waals surface area contributed by atoms with E-state index in [0.29, 0.717) is 37.2 Å². The van der Waals surface area contributed by atoms with Crippen molar-refractivity contribution in [2.75, 3.05) is 13.1 Å². The third kappa shape index (κ3) is 4.18. The van der Waals surface area contributed by atoms with Crippen LogP contribution in [0.3, 0.4) is 0 Å². The maximum absolute atomic E-state index is 13.4. The number of hydrogen-bond donors (Lipinski definition) is 1. The zero-order valence-electron chi connectivity index (χ0n) is 16.5. The van der Waals surface area contributed by atoms with Gasteiger partial charge in [0.05, 0.1) is 5.92 Å². The van der Waals surface area contributed by atoms with Crippen molar-refractivity contribution < 1.29 is 18.7 Å². The van der Waals surface area contributed by atoms with Gasteiger partial charge in [0.15, 0.2) is 5.78 Å². The Kier molecular flexibility index (Phi) is 5.75. The molecular weight excluding hydrogens is 384 g/mol. The first-order valence-electron chi connectivity index (χ1n) is 10.0. The first-order chi connectivity index (χ1) is 14.5. The molecule has 1 saturated heterocycles. The van der Waals surface area contributed by atoms with Crippen LogP contribution in [0.2, 0.25) is 0 Å². The Hall–Kier alpha value is -2.89. The van der Waals surface area contributed by atoms with Crippen molar-refractivity contribution in [1.82, 2.24) is 4.90 Å². The second-order valence-electron chi connectivity index (χ2n) is 7.83. The Bertz CT molecular complexity index is 1010. The summed E-state index contributed by atoms with van der Waals surface area (Å²) in [7, 11) is 0. The normalized spacial score (nSPS) is 22.0. The zero-order chi connectivity index (χ0) is 21.1. The van der Waals surface area contributed by atoms with Gasteiger partial charge in [-0.3, -0.25) is 9.69 Å². The van der Waals surface area contributed by atoms with Gasteiger partial charge in [-0.05, 0) is 53.9 Å². The minimum atomic E-state index is -1.42. The van der Waals surface area contributed by atoms with Crippen molar-refractivity contribution in [3.8, 4) is 0 Å². The van der Waals surface area contributed by atoms with Crippen LogP contribution in [-0.4, -0.2) is 28.9 Å². The molecule has 0 radical (unpaired) electrons. The van der Waals surface area contributed by atoms with Gasteiger partial charge in [0.1, 0.15) is 17.2 Å². The number of carbonyl (C=O) groups excluding carboxylic acids is 1. The van der Waals surface area contributed by atoms with Gasteiger partial charge >= 0.3 is 0 Å². The van der Waals surface area contributed by atoms with Gasteiger partial charge < -0.3 is 5.11 Å². The Morgan fingerprint density at radius 2 is 1.53 bits per heavy atom. The van der Waals surface area contributed by atoms with E-state index >= 15 is 0 Å². The molecule has 1 N–H and O–H groups in total. The summed E-state index contributed by atoms with van der Waals surface area (Å²) in [6, 6.07) is 21.0. The summed E-state index contributed by atoms with van der Waals surface area (Å²) < 4.78 is 26.8. The predicted molar refractivity (Wildman–Crippen MR) is 111 cm³/mol. The van der Waals surface area contributed by atoms with E-state index in [1.807, 2.05) is 30.3 Å². The average Bonchev–Trinajstić information content (AvgIpc) is 2.76. The van der Waals surface area contributed by atoms with E-state index < -0.39 is 23.2 Å². The molecule has 0 saturated carbocycles. The van der Waals surface area contributed by atoms with Crippen molar-refractivity contribution in [2.24, 2.45) is 5.92 Å². The number of benzene rings is 3. The molecule has 3 nitrogen and oxygen atoms in total. The molecule has 0 amide bonds. The van der Waals surface area contributed by atoms with Crippen molar-refractivity contribution in [2.45, 2.75) is 18.6 Å². The van der Waals surface area contributed by atoms with E-state index in [-0.39, 0.29) is 5.78 Å². The third-order valence-electron chi connectivity index (χ3n) is 5.86. The molecule has 1 fully saturated rings. The lowest BCUT2D eigenvalue weighted by atomic mass is 9.72. The van der Waals surface area contributed by atoms with Crippen LogP contribution in [0.25, 0.3) is 0 Å². The predicted octanol–water partition coefficient (Wildman–Crippen LogP) is 4.56. The summed E-state index contributed by atoms with van der Waals surface area (Å²) in [5.41, 5.74) is 0.566. The van der Waals surface area contributed by atoms with Crippen LogP contribution in [0.5, 0.6) is 0 Å². The number of Topliss-reactive ketones (excluding diaryl/α,β-unsaturated/α-hetero) is 1. The lowest BCUT2D eigenvalue weighted by Gasteiger charge is -2.44. The molecule has 5 heteroatoms. The lowest BCUT2D eigenvalue weighted by molar-refractivity contribution is -0.0659. The SMILES string of the molecule is O=C(c1ccc(F)cc1)C1CN(Cc2ccccc2)CCC1(O)c1ccc(F)cc1. The fraction of sp³-hybridized carbons (Fsp3) is 0.240. The highest BCUT2D eigenvalue weighted by molar-refractivity contribution is 5.99. The molecule has 3 aromatic carbocycles. The summed E-state index contributed by atoms with van der Waals surface area (Å²) in [5.74, 6) is -1.83. The lowest BCUT2D eigenvalue weighted by Crippen LogP contribution is -2.52. The molecular formula is C25H23F2NO2. The minimum Gasteiger partial charge on any atom is -0.384 e. The van der Waals surface area contributed by atoms with Crippen LogP contribution in [0.1, 0.15) is 27.9 Å². The highest BCUT2D eigenvalue weighted by atomic mass is 19.1. The Morgan fingerprint density at radius 1 is 0.933 bits per heavy atom. The summed E-state index contributed by atoms with van der Waals surface area (Å²) in [6.45, 7) is 1.60. The second kappa shape index (κ2) is 8.46. The van der Waals surface area contributed by atoms with Crippen LogP contribution in [0.4, 0.5) is 8.78 Å². The first-order valence-corrected chi connectivity index (χ1v) is 10.0. The van der Waals surface area contributed by atoms with Crippen LogP contribution in [-0.2, 0) is 12.1 Å². The number of nitrogens with zero attached hydrogens (tertiary/aromatic N) is 1. The molecule has 1 heterocycles. The van der Waals surface area contributed by atoms with Crippen molar-refractivity contribution in [3.05, 3.63) is 107 Å². The number of aliphatic hydroxyl groups is 1. The number of hydrogen-bond acceptors (Lipinski definition) is 3. The van der Waals surface area contributed by atoms with Gasteiger partial charge in [-0.25, -0.2) is 8.78 Å². The number of halogens is 2. The molecule has 0 spiro atoms. The topological polar surface area (TPSA) is 40.5 Å². The van der Waals surface area contributed by atoms with Crippen LogP contribution in [0.15, 0.2) is 78.9 Å². The smallest absolute Gasteiger partial charge is 0.170 e. The van der Waals surface area contributed by atoms with Gasteiger partial charge in [-0.1, -0.05) is 42.5 Å². The molecule has 4 rings (SSSR count). The average molecular weight is 407 g/mol. The maximum Gasteiger partial charge on any atom is 0.170 e. The first kappa shape index (κ1) is 20.4. The minimum absolute atomic E-state index is 0.250. The standard InChI is InChI=1S/C25H23F2NO2/c26-21-10-6-19(7-11-21)24(29)23-17-28(16-18-4-2-1-3-5-18)15-14-25(23,30)20-8-12-22(27)13-9-20/h1-13,23,30H,14-17H2. The maximum atomic E-state index is 13.4. The third-order valence-corrected chi connectivity index (χ3v) is 5.86. The zero-order valence-corrected chi connectivity index (χ0v) is 16.5. The van der Waals surface area contributed by atoms with Gasteiger partial charge in [-0.2, -0.15) is 0 Å². The van der Waals surface area contributed by atoms with E-state index in [9.17, 15) is 18.7 Å². The largest absolute Gasteiger partial charge is 0.384 e.